The van der Waals surface area contributed by atoms with E-state index in [0.29, 0.717) is 18.1 Å². The van der Waals surface area contributed by atoms with Crippen LogP contribution in [0.1, 0.15) is 23.8 Å². The van der Waals surface area contributed by atoms with E-state index in [4.69, 9.17) is 0 Å². The Labute approximate surface area is 112 Å². The molecule has 0 radical (unpaired) electrons. The van der Waals surface area contributed by atoms with E-state index in [-0.39, 0.29) is 5.91 Å². The smallest absolute Gasteiger partial charge is 0.269 e. The summed E-state index contributed by atoms with van der Waals surface area (Å²) in [6, 6.07) is 9.02. The second-order valence-electron chi connectivity index (χ2n) is 4.03. The topological polar surface area (TPSA) is 66.9 Å². The Morgan fingerprint density at radius 3 is 2.89 bits per heavy atom. The van der Waals surface area contributed by atoms with Crippen molar-refractivity contribution in [2.24, 2.45) is 0 Å². The van der Waals surface area contributed by atoms with Crippen molar-refractivity contribution in [3.8, 4) is 0 Å². The van der Waals surface area contributed by atoms with Crippen molar-refractivity contribution >= 4 is 17.4 Å². The Kier molecular flexibility index (Phi) is 4.44. The molecule has 0 saturated heterocycles. The standard InChI is InChI=1S/C14H16N4O/c1-2-8-16-14(19)12-6-3-7-13(18-12)17-11-5-4-9-15-10-11/h3-7,9-10H,2,8H2,1H3,(H,16,19)(H,17,18). The van der Waals surface area contributed by atoms with Crippen LogP contribution < -0.4 is 10.6 Å². The monoisotopic (exact) mass is 256 g/mol. The minimum Gasteiger partial charge on any atom is -0.351 e. The summed E-state index contributed by atoms with van der Waals surface area (Å²) in [5, 5.41) is 5.90. The number of pyridine rings is 2. The summed E-state index contributed by atoms with van der Waals surface area (Å²) in [6.45, 7) is 2.66. The Morgan fingerprint density at radius 1 is 1.26 bits per heavy atom. The number of carbonyl (C=O) groups excluding carboxylic acids is 1. The van der Waals surface area contributed by atoms with Gasteiger partial charge in [-0.1, -0.05) is 13.0 Å². The highest BCUT2D eigenvalue weighted by atomic mass is 16.1. The predicted molar refractivity (Wildman–Crippen MR) is 74.4 cm³/mol. The Morgan fingerprint density at radius 2 is 2.16 bits per heavy atom. The minimum atomic E-state index is -0.156. The highest BCUT2D eigenvalue weighted by Crippen LogP contribution is 2.12. The maximum Gasteiger partial charge on any atom is 0.269 e. The average Bonchev–Trinajstić information content (AvgIpc) is 2.46. The summed E-state index contributed by atoms with van der Waals surface area (Å²) in [7, 11) is 0. The first kappa shape index (κ1) is 13.0. The van der Waals surface area contributed by atoms with Crippen molar-refractivity contribution in [3.05, 3.63) is 48.4 Å². The molecule has 0 aliphatic carbocycles. The fourth-order valence-electron chi connectivity index (χ4n) is 1.54. The van der Waals surface area contributed by atoms with Crippen LogP contribution in [0.4, 0.5) is 11.5 Å². The fraction of sp³-hybridized carbons (Fsp3) is 0.214. The van der Waals surface area contributed by atoms with Gasteiger partial charge in [-0.2, -0.15) is 0 Å². The van der Waals surface area contributed by atoms with Crippen LogP contribution in [-0.4, -0.2) is 22.4 Å². The van der Waals surface area contributed by atoms with E-state index in [1.54, 1.807) is 24.5 Å². The van der Waals surface area contributed by atoms with Gasteiger partial charge in [0.2, 0.25) is 0 Å². The van der Waals surface area contributed by atoms with Crippen LogP contribution in [0.5, 0.6) is 0 Å². The highest BCUT2D eigenvalue weighted by molar-refractivity contribution is 5.92. The zero-order chi connectivity index (χ0) is 13.5. The number of nitrogens with one attached hydrogen (secondary N) is 2. The first-order valence-corrected chi connectivity index (χ1v) is 6.22. The van der Waals surface area contributed by atoms with E-state index in [1.807, 2.05) is 25.1 Å². The zero-order valence-corrected chi connectivity index (χ0v) is 10.8. The predicted octanol–water partition coefficient (Wildman–Crippen LogP) is 2.36. The maximum atomic E-state index is 11.8. The summed E-state index contributed by atoms with van der Waals surface area (Å²) >= 11 is 0. The van der Waals surface area contributed by atoms with Crippen LogP contribution in [0.25, 0.3) is 0 Å². The highest BCUT2D eigenvalue weighted by Gasteiger charge is 2.06. The minimum absolute atomic E-state index is 0.156. The number of hydrogen-bond donors (Lipinski definition) is 2. The molecule has 0 bridgehead atoms. The van der Waals surface area contributed by atoms with E-state index >= 15 is 0 Å². The molecule has 2 rings (SSSR count). The van der Waals surface area contributed by atoms with E-state index < -0.39 is 0 Å². The van der Waals surface area contributed by atoms with Crippen LogP contribution in [-0.2, 0) is 0 Å². The van der Waals surface area contributed by atoms with Gasteiger partial charge in [0.25, 0.3) is 5.91 Å². The van der Waals surface area contributed by atoms with Gasteiger partial charge in [0.05, 0.1) is 11.9 Å². The van der Waals surface area contributed by atoms with Gasteiger partial charge in [-0.15, -0.1) is 0 Å². The van der Waals surface area contributed by atoms with E-state index in [2.05, 4.69) is 20.6 Å². The summed E-state index contributed by atoms with van der Waals surface area (Å²) in [6.07, 6.45) is 4.30. The number of anilines is 2. The van der Waals surface area contributed by atoms with Crippen LogP contribution in [0, 0.1) is 0 Å². The molecule has 0 spiro atoms. The number of rotatable bonds is 5. The normalized spacial score (nSPS) is 9.95. The first-order chi connectivity index (χ1) is 9.29. The molecule has 2 heterocycles. The van der Waals surface area contributed by atoms with Crippen molar-refractivity contribution in [2.45, 2.75) is 13.3 Å². The van der Waals surface area contributed by atoms with Crippen molar-refractivity contribution in [3.63, 3.8) is 0 Å². The number of aromatic nitrogens is 2. The molecule has 5 heteroatoms. The van der Waals surface area contributed by atoms with Gasteiger partial charge < -0.3 is 10.6 Å². The van der Waals surface area contributed by atoms with Crippen LogP contribution in [0.3, 0.4) is 0 Å². The molecule has 1 amide bonds. The average molecular weight is 256 g/mol. The number of nitrogens with zero attached hydrogens (tertiary/aromatic N) is 2. The number of amides is 1. The molecule has 2 aromatic rings. The Balaban J connectivity index is 2.09. The van der Waals surface area contributed by atoms with Crippen LogP contribution in [0.15, 0.2) is 42.7 Å². The molecule has 0 aliphatic heterocycles. The van der Waals surface area contributed by atoms with E-state index in [9.17, 15) is 4.79 Å². The van der Waals surface area contributed by atoms with Crippen molar-refractivity contribution in [1.82, 2.24) is 15.3 Å². The maximum absolute atomic E-state index is 11.8. The van der Waals surface area contributed by atoms with Crippen molar-refractivity contribution < 1.29 is 4.79 Å². The molecular weight excluding hydrogens is 240 g/mol. The van der Waals surface area contributed by atoms with Gasteiger partial charge in [0, 0.05) is 12.7 Å². The lowest BCUT2D eigenvalue weighted by Crippen LogP contribution is -2.25. The summed E-state index contributed by atoms with van der Waals surface area (Å²) in [4.78, 5) is 20.1. The lowest BCUT2D eigenvalue weighted by molar-refractivity contribution is 0.0949. The molecule has 0 aromatic carbocycles. The molecule has 2 N–H and O–H groups in total. The Hall–Kier alpha value is -2.43. The van der Waals surface area contributed by atoms with Gasteiger partial charge in [0.15, 0.2) is 0 Å². The third-order valence-electron chi connectivity index (χ3n) is 2.45. The van der Waals surface area contributed by atoms with Crippen LogP contribution >= 0.6 is 0 Å². The molecule has 0 saturated carbocycles. The van der Waals surface area contributed by atoms with Gasteiger partial charge in [-0.25, -0.2) is 4.98 Å². The second-order valence-corrected chi connectivity index (χ2v) is 4.03. The van der Waals surface area contributed by atoms with E-state index in [0.717, 1.165) is 12.1 Å². The molecule has 2 aromatic heterocycles. The van der Waals surface area contributed by atoms with Gasteiger partial charge in [-0.3, -0.25) is 9.78 Å². The molecule has 0 unspecified atom stereocenters. The third-order valence-corrected chi connectivity index (χ3v) is 2.45. The lowest BCUT2D eigenvalue weighted by Gasteiger charge is -2.07. The second kappa shape index (κ2) is 6.49. The lowest BCUT2D eigenvalue weighted by atomic mass is 10.3. The molecule has 98 valence electrons. The SMILES string of the molecule is CCCNC(=O)c1cccc(Nc2cccnc2)n1. The van der Waals surface area contributed by atoms with Gasteiger partial charge >= 0.3 is 0 Å². The van der Waals surface area contributed by atoms with Crippen LogP contribution in [0.2, 0.25) is 0 Å². The Bertz CT molecular complexity index is 542. The molecule has 0 aliphatic rings. The van der Waals surface area contributed by atoms with Crippen molar-refractivity contribution in [1.29, 1.82) is 0 Å². The third kappa shape index (κ3) is 3.77. The fourth-order valence-corrected chi connectivity index (χ4v) is 1.54. The quantitative estimate of drug-likeness (QED) is 0.861. The molecule has 19 heavy (non-hydrogen) atoms. The number of carbonyl (C=O) groups is 1. The van der Waals surface area contributed by atoms with Crippen molar-refractivity contribution in [2.75, 3.05) is 11.9 Å². The number of hydrogen-bond acceptors (Lipinski definition) is 4. The molecule has 5 nitrogen and oxygen atoms in total. The molecule has 0 atom stereocenters. The largest absolute Gasteiger partial charge is 0.351 e. The van der Waals surface area contributed by atoms with E-state index in [1.165, 1.54) is 0 Å². The summed E-state index contributed by atoms with van der Waals surface area (Å²) < 4.78 is 0. The van der Waals surface area contributed by atoms with Gasteiger partial charge in [-0.05, 0) is 30.7 Å². The first-order valence-electron chi connectivity index (χ1n) is 6.22. The van der Waals surface area contributed by atoms with Gasteiger partial charge in [0.1, 0.15) is 11.5 Å². The summed E-state index contributed by atoms with van der Waals surface area (Å²) in [5.41, 5.74) is 1.24. The molecule has 0 fully saturated rings. The zero-order valence-electron chi connectivity index (χ0n) is 10.8. The molecular formula is C14H16N4O. The summed E-state index contributed by atoms with van der Waals surface area (Å²) in [5.74, 6) is 0.467.